The first-order valence-electron chi connectivity index (χ1n) is 11.8. The molecular formula is C32H22Br4O2. The Labute approximate surface area is 255 Å². The molecule has 0 spiro atoms. The molecule has 0 saturated carbocycles. The van der Waals surface area contributed by atoms with E-state index in [2.05, 4.69) is 63.7 Å². The molecule has 0 aromatic heterocycles. The van der Waals surface area contributed by atoms with Crippen molar-refractivity contribution in [1.82, 2.24) is 0 Å². The summed E-state index contributed by atoms with van der Waals surface area (Å²) in [7, 11) is 0. The molecule has 2 N–H and O–H groups in total. The Bertz CT molecular complexity index is 1520. The summed E-state index contributed by atoms with van der Waals surface area (Å²) >= 11 is 14.2. The van der Waals surface area contributed by atoms with Gasteiger partial charge in [-0.15, -0.1) is 0 Å². The van der Waals surface area contributed by atoms with Crippen molar-refractivity contribution in [2.45, 2.75) is 12.2 Å². The van der Waals surface area contributed by atoms with Crippen molar-refractivity contribution >= 4 is 63.7 Å². The Kier molecular flexibility index (Phi) is 8.39. The zero-order valence-electron chi connectivity index (χ0n) is 20.0. The summed E-state index contributed by atoms with van der Waals surface area (Å²) in [6.07, 6.45) is 0. The molecule has 0 amide bonds. The Morgan fingerprint density at radius 1 is 0.474 bits per heavy atom. The highest BCUT2D eigenvalue weighted by molar-refractivity contribution is 9.11. The van der Waals surface area contributed by atoms with Crippen LogP contribution in [0.4, 0.5) is 0 Å². The number of benzene rings is 5. The summed E-state index contributed by atoms with van der Waals surface area (Å²) in [6.45, 7) is -0.135. The van der Waals surface area contributed by atoms with Gasteiger partial charge in [0.2, 0.25) is 0 Å². The highest BCUT2D eigenvalue weighted by Crippen LogP contribution is 2.47. The normalized spacial score (nSPS) is 11.5. The molecule has 5 aromatic carbocycles. The zero-order chi connectivity index (χ0) is 26.9. The van der Waals surface area contributed by atoms with E-state index in [1.54, 1.807) is 0 Å². The van der Waals surface area contributed by atoms with Crippen molar-refractivity contribution in [3.05, 3.63) is 149 Å². The van der Waals surface area contributed by atoms with Gasteiger partial charge in [-0.2, -0.15) is 0 Å². The smallest absolute Gasteiger partial charge is 0.141 e. The van der Waals surface area contributed by atoms with E-state index < -0.39 is 5.60 Å². The van der Waals surface area contributed by atoms with Crippen molar-refractivity contribution in [2.75, 3.05) is 0 Å². The van der Waals surface area contributed by atoms with Crippen LogP contribution >= 0.6 is 63.7 Å². The summed E-state index contributed by atoms with van der Waals surface area (Å²) in [6, 6.07) is 35.5. The van der Waals surface area contributed by atoms with E-state index >= 15 is 0 Å². The van der Waals surface area contributed by atoms with Gasteiger partial charge >= 0.3 is 0 Å². The summed E-state index contributed by atoms with van der Waals surface area (Å²) in [5.41, 5.74) is 5.12. The van der Waals surface area contributed by atoms with E-state index in [-0.39, 0.29) is 6.61 Å². The van der Waals surface area contributed by atoms with Crippen molar-refractivity contribution in [3.8, 4) is 22.3 Å². The first kappa shape index (κ1) is 27.5. The molecule has 6 heteroatoms. The molecule has 0 aliphatic carbocycles. The van der Waals surface area contributed by atoms with Crippen LogP contribution < -0.4 is 0 Å². The monoisotopic (exact) mass is 754 g/mol. The predicted octanol–water partition coefficient (Wildman–Crippen LogP) is 9.85. The average Bonchev–Trinajstić information content (AvgIpc) is 2.93. The first-order chi connectivity index (χ1) is 18.3. The third kappa shape index (κ3) is 5.35. The van der Waals surface area contributed by atoms with Crippen LogP contribution in [0.25, 0.3) is 22.3 Å². The second-order valence-corrected chi connectivity index (χ2v) is 12.6. The van der Waals surface area contributed by atoms with Crippen molar-refractivity contribution in [1.29, 1.82) is 0 Å². The predicted molar refractivity (Wildman–Crippen MR) is 169 cm³/mol. The summed E-state index contributed by atoms with van der Waals surface area (Å²) in [5.74, 6) is 0. The Balaban J connectivity index is 1.92. The van der Waals surface area contributed by atoms with Crippen LogP contribution in [0.1, 0.15) is 22.3 Å². The fourth-order valence-electron chi connectivity index (χ4n) is 4.80. The lowest BCUT2D eigenvalue weighted by Gasteiger charge is -2.34. The Hall–Kier alpha value is -2.06. The van der Waals surface area contributed by atoms with Crippen LogP contribution in [0.2, 0.25) is 0 Å². The van der Waals surface area contributed by atoms with Gasteiger partial charge in [0.05, 0.1) is 6.61 Å². The molecule has 0 fully saturated rings. The fraction of sp³-hybridized carbons (Fsp3) is 0.0625. The first-order valence-corrected chi connectivity index (χ1v) is 15.0. The van der Waals surface area contributed by atoms with Crippen LogP contribution in [-0.4, -0.2) is 10.2 Å². The fourth-order valence-corrected chi connectivity index (χ4v) is 5.86. The van der Waals surface area contributed by atoms with Gasteiger partial charge in [0.15, 0.2) is 0 Å². The van der Waals surface area contributed by atoms with E-state index in [1.165, 1.54) is 0 Å². The van der Waals surface area contributed by atoms with Gasteiger partial charge in [-0.25, -0.2) is 0 Å². The lowest BCUT2D eigenvalue weighted by Crippen LogP contribution is -2.30. The van der Waals surface area contributed by atoms with Crippen molar-refractivity contribution in [3.63, 3.8) is 0 Å². The molecule has 0 aliphatic rings. The van der Waals surface area contributed by atoms with Gasteiger partial charge in [-0.3, -0.25) is 0 Å². The molecule has 2 nitrogen and oxygen atoms in total. The SMILES string of the molecule is OCc1ccc(C(O)(c2ccc(Br)cc2)c2ccc(Br)cc2)c(-c2ccc(Br)cc2)c1-c1ccc(Br)cc1. The molecule has 0 aliphatic heterocycles. The molecule has 0 atom stereocenters. The van der Waals surface area contributed by atoms with Gasteiger partial charge in [0.25, 0.3) is 0 Å². The molecule has 5 rings (SSSR count). The summed E-state index contributed by atoms with van der Waals surface area (Å²) < 4.78 is 3.79. The summed E-state index contributed by atoms with van der Waals surface area (Å²) in [5, 5.41) is 23.3. The van der Waals surface area contributed by atoms with E-state index in [0.717, 1.165) is 62.4 Å². The lowest BCUT2D eigenvalue weighted by atomic mass is 9.74. The number of aliphatic hydroxyl groups is 2. The van der Waals surface area contributed by atoms with Crippen molar-refractivity contribution in [2.24, 2.45) is 0 Å². The second-order valence-electron chi connectivity index (χ2n) is 8.92. The number of halogens is 4. The summed E-state index contributed by atoms with van der Waals surface area (Å²) in [4.78, 5) is 0. The molecule has 0 unspecified atom stereocenters. The van der Waals surface area contributed by atoms with Crippen LogP contribution in [0.15, 0.2) is 127 Å². The van der Waals surface area contributed by atoms with Gasteiger partial charge in [-0.05, 0) is 87.5 Å². The standard InChI is InChI=1S/C32H22Br4O2/c33-25-10-1-20(2-11-25)30-22(19-37)5-18-29(31(30)21-3-12-26(34)13-4-21)32(38,23-6-14-27(35)15-7-23)24-8-16-28(36)17-9-24/h1-18,37-38H,19H2. The van der Waals surface area contributed by atoms with E-state index in [4.69, 9.17) is 0 Å². The van der Waals surface area contributed by atoms with Gasteiger partial charge in [-0.1, -0.05) is 124 Å². The minimum Gasteiger partial charge on any atom is -0.392 e. The molecule has 38 heavy (non-hydrogen) atoms. The molecule has 0 heterocycles. The largest absolute Gasteiger partial charge is 0.392 e. The second kappa shape index (κ2) is 11.6. The minimum absolute atomic E-state index is 0.135. The maximum atomic E-state index is 12.9. The van der Waals surface area contributed by atoms with Crippen LogP contribution in [0.5, 0.6) is 0 Å². The Morgan fingerprint density at radius 2 is 0.842 bits per heavy atom. The van der Waals surface area contributed by atoms with Gasteiger partial charge in [0.1, 0.15) is 5.60 Å². The van der Waals surface area contributed by atoms with Crippen LogP contribution in [0.3, 0.4) is 0 Å². The highest BCUT2D eigenvalue weighted by atomic mass is 79.9. The maximum Gasteiger partial charge on any atom is 0.141 e. The van der Waals surface area contributed by atoms with Crippen molar-refractivity contribution < 1.29 is 10.2 Å². The Morgan fingerprint density at radius 3 is 1.24 bits per heavy atom. The molecule has 0 saturated heterocycles. The van der Waals surface area contributed by atoms with E-state index in [1.807, 2.05) is 109 Å². The van der Waals surface area contributed by atoms with E-state index in [9.17, 15) is 10.2 Å². The van der Waals surface area contributed by atoms with Crippen LogP contribution in [0, 0.1) is 0 Å². The molecular weight excluding hydrogens is 736 g/mol. The number of aliphatic hydroxyl groups excluding tert-OH is 1. The van der Waals surface area contributed by atoms with E-state index in [0.29, 0.717) is 0 Å². The molecule has 5 aromatic rings. The third-order valence-corrected chi connectivity index (χ3v) is 8.76. The average molecular weight is 758 g/mol. The van der Waals surface area contributed by atoms with Gasteiger partial charge < -0.3 is 10.2 Å². The number of hydrogen-bond donors (Lipinski definition) is 2. The maximum absolute atomic E-state index is 12.9. The molecule has 190 valence electrons. The molecule has 0 bridgehead atoms. The number of rotatable bonds is 6. The number of hydrogen-bond acceptors (Lipinski definition) is 2. The minimum atomic E-state index is -1.48. The topological polar surface area (TPSA) is 40.5 Å². The van der Waals surface area contributed by atoms with Crippen LogP contribution in [-0.2, 0) is 12.2 Å². The quantitative estimate of drug-likeness (QED) is 0.170. The molecule has 0 radical (unpaired) electrons. The van der Waals surface area contributed by atoms with Gasteiger partial charge in [0, 0.05) is 23.5 Å². The highest BCUT2D eigenvalue weighted by Gasteiger charge is 2.37. The lowest BCUT2D eigenvalue weighted by molar-refractivity contribution is 0.126. The zero-order valence-corrected chi connectivity index (χ0v) is 26.3. The third-order valence-electron chi connectivity index (χ3n) is 6.64.